The summed E-state index contributed by atoms with van der Waals surface area (Å²) in [6.45, 7) is 6.97. The molecular formula is C16H21N3OS. The van der Waals surface area contributed by atoms with Crippen LogP contribution in [0.3, 0.4) is 0 Å². The van der Waals surface area contributed by atoms with E-state index in [0.717, 1.165) is 42.6 Å². The number of piperazine rings is 1. The van der Waals surface area contributed by atoms with Gasteiger partial charge in [-0.05, 0) is 19.1 Å². The molecule has 0 spiro atoms. The lowest BCUT2D eigenvalue weighted by molar-refractivity contribution is 0.197. The van der Waals surface area contributed by atoms with E-state index in [1.807, 2.05) is 30.3 Å². The lowest BCUT2D eigenvalue weighted by atomic mass is 10.2. The van der Waals surface area contributed by atoms with Crippen LogP contribution in [0.15, 0.2) is 35.7 Å². The highest BCUT2D eigenvalue weighted by Gasteiger charge is 2.16. The highest BCUT2D eigenvalue weighted by atomic mass is 32.1. The summed E-state index contributed by atoms with van der Waals surface area (Å²) in [4.78, 5) is 7.13. The largest absolute Gasteiger partial charge is 0.486 e. The van der Waals surface area contributed by atoms with E-state index >= 15 is 0 Å². The Kier molecular flexibility index (Phi) is 4.85. The molecule has 5 heteroatoms. The fourth-order valence-electron chi connectivity index (χ4n) is 2.53. The number of aromatic nitrogens is 1. The summed E-state index contributed by atoms with van der Waals surface area (Å²) in [5.41, 5.74) is 1.15. The lowest BCUT2D eigenvalue weighted by Gasteiger charge is -2.31. The van der Waals surface area contributed by atoms with Crippen molar-refractivity contribution in [2.24, 2.45) is 0 Å². The molecule has 0 aliphatic carbocycles. The van der Waals surface area contributed by atoms with Crippen LogP contribution in [0.4, 0.5) is 0 Å². The second kappa shape index (κ2) is 7.02. The topological polar surface area (TPSA) is 37.4 Å². The van der Waals surface area contributed by atoms with Crippen LogP contribution in [-0.2, 0) is 13.2 Å². The van der Waals surface area contributed by atoms with Crippen molar-refractivity contribution in [1.82, 2.24) is 15.2 Å². The van der Waals surface area contributed by atoms with Gasteiger partial charge in [-0.25, -0.2) is 4.98 Å². The van der Waals surface area contributed by atoms with Gasteiger partial charge in [0.05, 0.1) is 5.69 Å². The fraction of sp³-hybridized carbons (Fsp3) is 0.438. The Morgan fingerprint density at radius 3 is 3.05 bits per heavy atom. The Morgan fingerprint density at radius 2 is 2.24 bits per heavy atom. The van der Waals surface area contributed by atoms with E-state index in [0.29, 0.717) is 12.6 Å². The number of nitrogens with one attached hydrogen (secondary N) is 1. The van der Waals surface area contributed by atoms with Crippen LogP contribution in [0.25, 0.3) is 0 Å². The SMILES string of the molecule is C[C@H]1CN(Cc2csc(COc3ccccc3)n2)CCN1. The molecule has 3 rings (SSSR count). The number of para-hydroxylation sites is 1. The first-order valence-corrected chi connectivity index (χ1v) is 8.24. The van der Waals surface area contributed by atoms with Gasteiger partial charge in [-0.1, -0.05) is 18.2 Å². The van der Waals surface area contributed by atoms with Gasteiger partial charge in [0, 0.05) is 37.6 Å². The van der Waals surface area contributed by atoms with Crippen LogP contribution in [0.5, 0.6) is 5.75 Å². The predicted molar refractivity (Wildman–Crippen MR) is 85.6 cm³/mol. The molecule has 1 atom stereocenters. The first kappa shape index (κ1) is 14.5. The smallest absolute Gasteiger partial charge is 0.140 e. The summed E-state index contributed by atoms with van der Waals surface area (Å²) in [5, 5.41) is 6.65. The lowest BCUT2D eigenvalue weighted by Crippen LogP contribution is -2.48. The van der Waals surface area contributed by atoms with Gasteiger partial charge in [-0.3, -0.25) is 4.90 Å². The number of nitrogens with zero attached hydrogens (tertiary/aromatic N) is 2. The molecule has 1 aromatic heterocycles. The normalized spacial score (nSPS) is 19.6. The zero-order valence-electron chi connectivity index (χ0n) is 12.3. The van der Waals surface area contributed by atoms with Crippen molar-refractivity contribution in [2.75, 3.05) is 19.6 Å². The van der Waals surface area contributed by atoms with Gasteiger partial charge in [0.2, 0.25) is 0 Å². The van der Waals surface area contributed by atoms with Crippen molar-refractivity contribution in [3.63, 3.8) is 0 Å². The third-order valence-electron chi connectivity index (χ3n) is 3.54. The quantitative estimate of drug-likeness (QED) is 0.921. The zero-order valence-corrected chi connectivity index (χ0v) is 13.1. The molecule has 0 bridgehead atoms. The molecule has 1 aliphatic rings. The minimum absolute atomic E-state index is 0.548. The van der Waals surface area contributed by atoms with Gasteiger partial charge < -0.3 is 10.1 Å². The molecule has 1 aliphatic heterocycles. The van der Waals surface area contributed by atoms with E-state index in [-0.39, 0.29) is 0 Å². The van der Waals surface area contributed by atoms with Gasteiger partial charge in [0.25, 0.3) is 0 Å². The van der Waals surface area contributed by atoms with Crippen LogP contribution >= 0.6 is 11.3 Å². The summed E-state index contributed by atoms with van der Waals surface area (Å²) in [6.07, 6.45) is 0. The average molecular weight is 303 g/mol. The first-order chi connectivity index (χ1) is 10.3. The molecule has 0 radical (unpaired) electrons. The molecule has 112 valence electrons. The molecule has 0 amide bonds. The summed E-state index contributed by atoms with van der Waals surface area (Å²) in [6, 6.07) is 10.5. The van der Waals surface area contributed by atoms with E-state index in [1.165, 1.54) is 0 Å². The van der Waals surface area contributed by atoms with E-state index in [2.05, 4.69) is 27.5 Å². The Hall–Kier alpha value is -1.43. The van der Waals surface area contributed by atoms with Crippen molar-refractivity contribution >= 4 is 11.3 Å². The van der Waals surface area contributed by atoms with Crippen LogP contribution in [0, 0.1) is 0 Å². The number of hydrogen-bond donors (Lipinski definition) is 1. The number of ether oxygens (including phenoxy) is 1. The van der Waals surface area contributed by atoms with Crippen LogP contribution in [0.1, 0.15) is 17.6 Å². The molecule has 2 heterocycles. The Bertz CT molecular complexity index is 558. The van der Waals surface area contributed by atoms with Crippen molar-refractivity contribution in [3.05, 3.63) is 46.4 Å². The van der Waals surface area contributed by atoms with Crippen molar-refractivity contribution < 1.29 is 4.74 Å². The minimum atomic E-state index is 0.548. The molecule has 21 heavy (non-hydrogen) atoms. The standard InChI is InChI=1S/C16H21N3OS/c1-13-9-19(8-7-17-13)10-14-12-21-16(18-14)11-20-15-5-3-2-4-6-15/h2-6,12-13,17H,7-11H2,1H3/t13-/m0/s1. The second-order valence-corrected chi connectivity index (χ2v) is 6.37. The maximum Gasteiger partial charge on any atom is 0.140 e. The maximum absolute atomic E-state index is 5.74. The maximum atomic E-state index is 5.74. The van der Waals surface area contributed by atoms with Crippen molar-refractivity contribution in [2.45, 2.75) is 26.1 Å². The highest BCUT2D eigenvalue weighted by molar-refractivity contribution is 7.09. The zero-order chi connectivity index (χ0) is 14.5. The van der Waals surface area contributed by atoms with Gasteiger partial charge in [-0.15, -0.1) is 11.3 Å². The number of benzene rings is 1. The molecule has 1 N–H and O–H groups in total. The molecule has 1 aromatic carbocycles. The monoisotopic (exact) mass is 303 g/mol. The van der Waals surface area contributed by atoms with Crippen LogP contribution < -0.4 is 10.1 Å². The summed E-state index contributed by atoms with van der Waals surface area (Å²) < 4.78 is 5.74. The molecule has 1 fully saturated rings. The van der Waals surface area contributed by atoms with Crippen molar-refractivity contribution in [3.8, 4) is 5.75 Å². The van der Waals surface area contributed by atoms with Gasteiger partial charge in [-0.2, -0.15) is 0 Å². The molecule has 2 aromatic rings. The summed E-state index contributed by atoms with van der Waals surface area (Å²) in [7, 11) is 0. The van der Waals surface area contributed by atoms with E-state index in [9.17, 15) is 0 Å². The van der Waals surface area contributed by atoms with Crippen LogP contribution in [0.2, 0.25) is 0 Å². The van der Waals surface area contributed by atoms with Gasteiger partial charge in [0.15, 0.2) is 0 Å². The molecular weight excluding hydrogens is 282 g/mol. The van der Waals surface area contributed by atoms with Crippen molar-refractivity contribution in [1.29, 1.82) is 0 Å². The fourth-order valence-corrected chi connectivity index (χ4v) is 3.23. The molecule has 0 unspecified atom stereocenters. The Morgan fingerprint density at radius 1 is 1.38 bits per heavy atom. The molecule has 0 saturated carbocycles. The third kappa shape index (κ3) is 4.27. The number of rotatable bonds is 5. The van der Waals surface area contributed by atoms with Crippen LogP contribution in [-0.4, -0.2) is 35.6 Å². The third-order valence-corrected chi connectivity index (χ3v) is 4.41. The minimum Gasteiger partial charge on any atom is -0.486 e. The number of hydrogen-bond acceptors (Lipinski definition) is 5. The average Bonchev–Trinajstić information content (AvgIpc) is 2.94. The molecule has 1 saturated heterocycles. The second-order valence-electron chi connectivity index (χ2n) is 5.42. The van der Waals surface area contributed by atoms with E-state index in [1.54, 1.807) is 11.3 Å². The first-order valence-electron chi connectivity index (χ1n) is 7.36. The van der Waals surface area contributed by atoms with E-state index in [4.69, 9.17) is 4.74 Å². The van der Waals surface area contributed by atoms with Gasteiger partial charge in [0.1, 0.15) is 17.4 Å². The predicted octanol–water partition coefficient (Wildman–Crippen LogP) is 2.52. The van der Waals surface area contributed by atoms with E-state index < -0.39 is 0 Å². The summed E-state index contributed by atoms with van der Waals surface area (Å²) >= 11 is 1.68. The van der Waals surface area contributed by atoms with Gasteiger partial charge >= 0.3 is 0 Å². The molecule has 4 nitrogen and oxygen atoms in total. The summed E-state index contributed by atoms with van der Waals surface area (Å²) in [5.74, 6) is 0.894. The highest BCUT2D eigenvalue weighted by Crippen LogP contribution is 2.16. The Labute approximate surface area is 129 Å². The number of thiazole rings is 1. The Balaban J connectivity index is 1.51.